The van der Waals surface area contributed by atoms with Crippen molar-refractivity contribution in [1.82, 2.24) is 0 Å². The van der Waals surface area contributed by atoms with E-state index in [0.717, 1.165) is 6.92 Å². The number of aliphatic hydroxyl groups excluding tert-OH is 1. The van der Waals surface area contributed by atoms with Crippen LogP contribution in [0.4, 0.5) is 13.2 Å². The monoisotopic (exact) mass is 182 g/mol. The highest BCUT2D eigenvalue weighted by Gasteiger charge is 2.50. The Kier molecular flexibility index (Phi) is 1.78. The molecule has 0 aliphatic carbocycles. The van der Waals surface area contributed by atoms with Crippen molar-refractivity contribution in [3.05, 3.63) is 11.3 Å². The zero-order valence-corrected chi connectivity index (χ0v) is 5.97. The summed E-state index contributed by atoms with van der Waals surface area (Å²) in [5.74, 6) is -2.18. The molecule has 1 aliphatic rings. The van der Waals surface area contributed by atoms with Crippen LogP contribution >= 0.6 is 0 Å². The Morgan fingerprint density at radius 2 is 2.00 bits per heavy atom. The first-order chi connectivity index (χ1) is 5.34. The molecule has 3 nitrogen and oxygen atoms in total. The maximum absolute atomic E-state index is 11.9. The SMILES string of the molecule is CC1=C(O)C(C(F)(F)F)OC1=O. The maximum atomic E-state index is 11.9. The van der Waals surface area contributed by atoms with Crippen molar-refractivity contribution in [3.8, 4) is 0 Å². The fourth-order valence-electron chi connectivity index (χ4n) is 0.774. The molecule has 6 heteroatoms. The number of ether oxygens (including phenoxy) is 1. The minimum absolute atomic E-state index is 0.391. The summed E-state index contributed by atoms with van der Waals surface area (Å²) in [5, 5.41) is 8.78. The Balaban J connectivity index is 2.95. The second-order valence-corrected chi connectivity index (χ2v) is 2.34. The zero-order valence-electron chi connectivity index (χ0n) is 5.97. The standard InChI is InChI=1S/C6H5F3O3/c1-2-3(10)4(6(7,8)9)12-5(2)11/h4,10H,1H3. The predicted molar refractivity (Wildman–Crippen MR) is 31.3 cm³/mol. The van der Waals surface area contributed by atoms with Crippen LogP contribution in [0.5, 0.6) is 0 Å². The van der Waals surface area contributed by atoms with Gasteiger partial charge in [0, 0.05) is 0 Å². The van der Waals surface area contributed by atoms with Gasteiger partial charge in [0.1, 0.15) is 0 Å². The average Bonchev–Trinajstić information content (AvgIpc) is 2.15. The molecule has 0 bridgehead atoms. The van der Waals surface area contributed by atoms with Crippen molar-refractivity contribution in [1.29, 1.82) is 0 Å². The number of hydrogen-bond donors (Lipinski definition) is 1. The third-order valence-corrected chi connectivity index (χ3v) is 1.46. The molecule has 68 valence electrons. The summed E-state index contributed by atoms with van der Waals surface area (Å²) < 4.78 is 39.5. The molecule has 1 atom stereocenters. The molecule has 12 heavy (non-hydrogen) atoms. The summed E-state index contributed by atoms with van der Waals surface area (Å²) >= 11 is 0. The van der Waals surface area contributed by atoms with Gasteiger partial charge in [-0.25, -0.2) is 4.79 Å². The minimum atomic E-state index is -4.74. The number of alkyl halides is 3. The Hall–Kier alpha value is -1.20. The zero-order chi connectivity index (χ0) is 9.52. The van der Waals surface area contributed by atoms with Crippen LogP contribution in [0.1, 0.15) is 6.92 Å². The Labute approximate surface area is 65.4 Å². The van der Waals surface area contributed by atoms with Gasteiger partial charge in [0.2, 0.25) is 0 Å². The third kappa shape index (κ3) is 1.24. The van der Waals surface area contributed by atoms with Gasteiger partial charge < -0.3 is 9.84 Å². The lowest BCUT2D eigenvalue weighted by molar-refractivity contribution is -0.208. The van der Waals surface area contributed by atoms with Gasteiger partial charge in [0.05, 0.1) is 5.57 Å². The third-order valence-electron chi connectivity index (χ3n) is 1.46. The molecule has 1 rings (SSSR count). The molecule has 0 aromatic heterocycles. The number of halogens is 3. The summed E-state index contributed by atoms with van der Waals surface area (Å²) in [6.07, 6.45) is -7.22. The molecule has 1 N–H and O–H groups in total. The van der Waals surface area contributed by atoms with E-state index >= 15 is 0 Å². The lowest BCUT2D eigenvalue weighted by Gasteiger charge is -2.13. The van der Waals surface area contributed by atoms with Crippen LogP contribution in [0, 0.1) is 0 Å². The van der Waals surface area contributed by atoms with Gasteiger partial charge in [-0.05, 0) is 6.92 Å². The van der Waals surface area contributed by atoms with Crippen LogP contribution in [0.25, 0.3) is 0 Å². The van der Waals surface area contributed by atoms with E-state index in [1.807, 2.05) is 0 Å². The smallest absolute Gasteiger partial charge is 0.432 e. The number of esters is 1. The molecule has 1 unspecified atom stereocenters. The first-order valence-corrected chi connectivity index (χ1v) is 3.01. The van der Waals surface area contributed by atoms with Crippen molar-refractivity contribution >= 4 is 5.97 Å². The molecular weight excluding hydrogens is 177 g/mol. The number of carbonyl (C=O) groups is 1. The molecule has 0 aromatic carbocycles. The van der Waals surface area contributed by atoms with Crippen LogP contribution in [-0.4, -0.2) is 23.4 Å². The number of carbonyl (C=O) groups excluding carboxylic acids is 1. The minimum Gasteiger partial charge on any atom is -0.507 e. The number of cyclic esters (lactones) is 1. The van der Waals surface area contributed by atoms with Gasteiger partial charge in [0.25, 0.3) is 6.10 Å². The normalized spacial score (nSPS) is 24.7. The van der Waals surface area contributed by atoms with Crippen LogP contribution in [0.15, 0.2) is 11.3 Å². The van der Waals surface area contributed by atoms with Gasteiger partial charge in [-0.2, -0.15) is 13.2 Å². The first kappa shape index (κ1) is 8.89. The van der Waals surface area contributed by atoms with Crippen LogP contribution in [0.2, 0.25) is 0 Å². The van der Waals surface area contributed by atoms with E-state index in [1.165, 1.54) is 0 Å². The Bertz CT molecular complexity index is 253. The van der Waals surface area contributed by atoms with Crippen molar-refractivity contribution in [2.75, 3.05) is 0 Å². The summed E-state index contributed by atoms with van der Waals surface area (Å²) in [6, 6.07) is 0. The van der Waals surface area contributed by atoms with Crippen molar-refractivity contribution < 1.29 is 27.8 Å². The molecule has 0 radical (unpaired) electrons. The Morgan fingerprint density at radius 1 is 1.50 bits per heavy atom. The largest absolute Gasteiger partial charge is 0.507 e. The molecule has 0 spiro atoms. The first-order valence-electron chi connectivity index (χ1n) is 3.01. The molecular formula is C6H5F3O3. The van der Waals surface area contributed by atoms with Gasteiger partial charge in [0.15, 0.2) is 5.76 Å². The quantitative estimate of drug-likeness (QED) is 0.574. The second kappa shape index (κ2) is 2.40. The van der Waals surface area contributed by atoms with Crippen molar-refractivity contribution in [3.63, 3.8) is 0 Å². The molecule has 0 saturated carbocycles. The molecule has 1 aliphatic heterocycles. The molecule has 1 heterocycles. The lowest BCUT2D eigenvalue weighted by Crippen LogP contribution is -2.31. The highest BCUT2D eigenvalue weighted by molar-refractivity contribution is 5.91. The number of aliphatic hydroxyl groups is 1. The van der Waals surface area contributed by atoms with E-state index in [0.29, 0.717) is 0 Å². The summed E-state index contributed by atoms with van der Waals surface area (Å²) in [5.41, 5.74) is -0.391. The van der Waals surface area contributed by atoms with Crippen molar-refractivity contribution in [2.24, 2.45) is 0 Å². The van der Waals surface area contributed by atoms with E-state index < -0.39 is 29.6 Å². The lowest BCUT2D eigenvalue weighted by atomic mass is 10.2. The highest BCUT2D eigenvalue weighted by Crippen LogP contribution is 2.33. The highest BCUT2D eigenvalue weighted by atomic mass is 19.4. The van der Waals surface area contributed by atoms with E-state index in [1.54, 1.807) is 0 Å². The number of hydrogen-bond acceptors (Lipinski definition) is 3. The van der Waals surface area contributed by atoms with Gasteiger partial charge in [-0.1, -0.05) is 0 Å². The van der Waals surface area contributed by atoms with E-state index in [9.17, 15) is 18.0 Å². The topological polar surface area (TPSA) is 46.5 Å². The fourth-order valence-corrected chi connectivity index (χ4v) is 0.774. The van der Waals surface area contributed by atoms with E-state index in [2.05, 4.69) is 4.74 Å². The van der Waals surface area contributed by atoms with E-state index in [-0.39, 0.29) is 0 Å². The summed E-state index contributed by atoms with van der Waals surface area (Å²) in [4.78, 5) is 10.5. The predicted octanol–water partition coefficient (Wildman–Crippen LogP) is 1.31. The maximum Gasteiger partial charge on any atom is 0.432 e. The molecule has 0 saturated heterocycles. The number of rotatable bonds is 0. The van der Waals surface area contributed by atoms with E-state index in [4.69, 9.17) is 5.11 Å². The molecule has 0 aromatic rings. The molecule has 0 amide bonds. The fraction of sp³-hybridized carbons (Fsp3) is 0.500. The second-order valence-electron chi connectivity index (χ2n) is 2.34. The Morgan fingerprint density at radius 3 is 2.17 bits per heavy atom. The van der Waals surface area contributed by atoms with Crippen LogP contribution in [-0.2, 0) is 9.53 Å². The van der Waals surface area contributed by atoms with Crippen LogP contribution in [0.3, 0.4) is 0 Å². The van der Waals surface area contributed by atoms with Gasteiger partial charge in [-0.15, -0.1) is 0 Å². The average molecular weight is 182 g/mol. The molecule has 0 fully saturated rings. The summed E-state index contributed by atoms with van der Waals surface area (Å²) in [7, 11) is 0. The summed E-state index contributed by atoms with van der Waals surface area (Å²) in [6.45, 7) is 1.07. The van der Waals surface area contributed by atoms with Gasteiger partial charge in [-0.3, -0.25) is 0 Å². The van der Waals surface area contributed by atoms with Gasteiger partial charge >= 0.3 is 12.1 Å². The van der Waals surface area contributed by atoms with Crippen molar-refractivity contribution in [2.45, 2.75) is 19.2 Å². The van der Waals surface area contributed by atoms with Crippen LogP contribution < -0.4 is 0 Å².